The summed E-state index contributed by atoms with van der Waals surface area (Å²) in [6.07, 6.45) is 3.58. The number of nitrogens with two attached hydrogens (primary N) is 1. The summed E-state index contributed by atoms with van der Waals surface area (Å²) in [6, 6.07) is 7.98. The lowest BCUT2D eigenvalue weighted by molar-refractivity contribution is 0.0573. The van der Waals surface area contributed by atoms with Gasteiger partial charge in [0, 0.05) is 24.8 Å². The third-order valence-electron chi connectivity index (χ3n) is 4.29. The van der Waals surface area contributed by atoms with Crippen LogP contribution in [0.2, 0.25) is 0 Å². The van der Waals surface area contributed by atoms with Gasteiger partial charge in [-0.25, -0.2) is 0 Å². The lowest BCUT2D eigenvalue weighted by Gasteiger charge is -2.28. The maximum absolute atomic E-state index is 10.1. The van der Waals surface area contributed by atoms with Crippen LogP contribution < -0.4 is 10.5 Å². The molecule has 3 atom stereocenters. The number of nitrogen functional groups attached to an aromatic ring is 1. The van der Waals surface area contributed by atoms with Crippen LogP contribution in [-0.4, -0.2) is 41.8 Å². The number of aliphatic hydroxyl groups excluding tert-OH is 1. The number of fused-ring (bicyclic) bond motifs is 2. The minimum Gasteiger partial charge on any atom is -0.491 e. The van der Waals surface area contributed by atoms with Crippen LogP contribution in [-0.2, 0) is 0 Å². The second kappa shape index (κ2) is 5.39. The third-order valence-corrected chi connectivity index (χ3v) is 4.29. The molecule has 3 unspecified atom stereocenters. The molecule has 1 aromatic rings. The standard InChI is InChI=1S/C15H22N2O2/c16-12-2-5-15(6-3-12)19-10-14(18)9-17-8-11-1-4-13(17)7-11/h2-3,5-6,11,13-14,18H,1,4,7-10,16H2. The van der Waals surface area contributed by atoms with Gasteiger partial charge in [-0.05, 0) is 49.4 Å². The van der Waals surface area contributed by atoms with Gasteiger partial charge in [0.2, 0.25) is 0 Å². The van der Waals surface area contributed by atoms with E-state index in [4.69, 9.17) is 10.5 Å². The van der Waals surface area contributed by atoms with Crippen LogP contribution in [0.15, 0.2) is 24.3 Å². The summed E-state index contributed by atoms with van der Waals surface area (Å²) in [7, 11) is 0. The zero-order chi connectivity index (χ0) is 13.2. The lowest BCUT2D eigenvalue weighted by Crippen LogP contribution is -2.40. The Kier molecular flexibility index (Phi) is 3.62. The number of piperidine rings is 1. The Morgan fingerprint density at radius 3 is 2.74 bits per heavy atom. The highest BCUT2D eigenvalue weighted by molar-refractivity contribution is 5.41. The fourth-order valence-corrected chi connectivity index (χ4v) is 3.33. The number of hydrogen-bond donors (Lipinski definition) is 2. The Bertz CT molecular complexity index is 421. The predicted octanol–water partition coefficient (Wildman–Crippen LogP) is 1.49. The zero-order valence-corrected chi connectivity index (χ0v) is 11.2. The number of nitrogens with zero attached hydrogens (tertiary/aromatic N) is 1. The van der Waals surface area contributed by atoms with E-state index in [2.05, 4.69) is 4.90 Å². The van der Waals surface area contributed by atoms with Crippen LogP contribution in [0.1, 0.15) is 19.3 Å². The van der Waals surface area contributed by atoms with Crippen molar-refractivity contribution in [3.05, 3.63) is 24.3 Å². The van der Waals surface area contributed by atoms with Crippen molar-refractivity contribution in [2.45, 2.75) is 31.4 Å². The molecular weight excluding hydrogens is 240 g/mol. The van der Waals surface area contributed by atoms with Crippen molar-refractivity contribution < 1.29 is 9.84 Å². The van der Waals surface area contributed by atoms with Crippen LogP contribution in [0.25, 0.3) is 0 Å². The fraction of sp³-hybridized carbons (Fsp3) is 0.600. The first-order valence-corrected chi connectivity index (χ1v) is 7.11. The minimum atomic E-state index is -0.420. The van der Waals surface area contributed by atoms with Gasteiger partial charge in [-0.2, -0.15) is 0 Å². The number of anilines is 1. The van der Waals surface area contributed by atoms with Crippen molar-refractivity contribution in [1.29, 1.82) is 0 Å². The zero-order valence-electron chi connectivity index (χ0n) is 11.2. The Balaban J connectivity index is 1.44. The van der Waals surface area contributed by atoms with Gasteiger partial charge in [-0.15, -0.1) is 0 Å². The molecule has 1 heterocycles. The second-order valence-corrected chi connectivity index (χ2v) is 5.82. The molecule has 0 amide bonds. The number of ether oxygens (including phenoxy) is 1. The van der Waals surface area contributed by atoms with Gasteiger partial charge in [0.25, 0.3) is 0 Å². The molecule has 4 heteroatoms. The van der Waals surface area contributed by atoms with Gasteiger partial charge in [0.05, 0.1) is 0 Å². The highest BCUT2D eigenvalue weighted by Gasteiger charge is 2.38. The number of likely N-dealkylation sites (tertiary alicyclic amines) is 1. The first-order valence-electron chi connectivity index (χ1n) is 7.11. The quantitative estimate of drug-likeness (QED) is 0.789. The summed E-state index contributed by atoms with van der Waals surface area (Å²) in [5.74, 6) is 1.63. The predicted molar refractivity (Wildman–Crippen MR) is 75.1 cm³/mol. The topological polar surface area (TPSA) is 58.7 Å². The van der Waals surface area contributed by atoms with Crippen molar-refractivity contribution in [2.24, 2.45) is 5.92 Å². The smallest absolute Gasteiger partial charge is 0.119 e. The molecule has 2 bridgehead atoms. The Hall–Kier alpha value is -1.26. The molecule has 0 spiro atoms. The maximum Gasteiger partial charge on any atom is 0.119 e. The molecule has 1 aliphatic heterocycles. The van der Waals surface area contributed by atoms with Crippen LogP contribution in [0, 0.1) is 5.92 Å². The van der Waals surface area contributed by atoms with E-state index in [0.29, 0.717) is 12.6 Å². The van der Waals surface area contributed by atoms with E-state index >= 15 is 0 Å². The summed E-state index contributed by atoms with van der Waals surface area (Å²) in [4.78, 5) is 2.42. The molecule has 1 saturated heterocycles. The molecule has 2 fully saturated rings. The molecule has 3 rings (SSSR count). The van der Waals surface area contributed by atoms with Crippen molar-refractivity contribution >= 4 is 5.69 Å². The number of benzene rings is 1. The van der Waals surface area contributed by atoms with Crippen LogP contribution in [0.5, 0.6) is 5.75 Å². The minimum absolute atomic E-state index is 0.345. The Labute approximate surface area is 114 Å². The molecule has 4 nitrogen and oxygen atoms in total. The van der Waals surface area contributed by atoms with Crippen molar-refractivity contribution in [1.82, 2.24) is 4.90 Å². The molecule has 1 saturated carbocycles. The molecule has 2 aliphatic rings. The molecule has 0 aromatic heterocycles. The van der Waals surface area contributed by atoms with E-state index in [1.807, 2.05) is 12.1 Å². The first-order chi connectivity index (χ1) is 9.20. The maximum atomic E-state index is 10.1. The Morgan fingerprint density at radius 1 is 1.32 bits per heavy atom. The summed E-state index contributed by atoms with van der Waals surface area (Å²) in [5.41, 5.74) is 6.34. The van der Waals surface area contributed by atoms with E-state index in [1.165, 1.54) is 19.3 Å². The van der Waals surface area contributed by atoms with Crippen LogP contribution >= 0.6 is 0 Å². The van der Waals surface area contributed by atoms with E-state index in [0.717, 1.165) is 30.4 Å². The average molecular weight is 262 g/mol. The number of β-amino-alcohol motifs (C(OH)–C–C–N with tert-alkyl or cyclic N) is 1. The van der Waals surface area contributed by atoms with E-state index in [1.54, 1.807) is 12.1 Å². The Morgan fingerprint density at radius 2 is 2.11 bits per heavy atom. The van der Waals surface area contributed by atoms with E-state index < -0.39 is 6.10 Å². The molecule has 1 aliphatic carbocycles. The number of rotatable bonds is 5. The van der Waals surface area contributed by atoms with Gasteiger partial charge in [-0.1, -0.05) is 0 Å². The summed E-state index contributed by atoms with van der Waals surface area (Å²) >= 11 is 0. The fourth-order valence-electron chi connectivity index (χ4n) is 3.33. The number of aliphatic hydroxyl groups is 1. The first kappa shape index (κ1) is 12.8. The molecule has 3 N–H and O–H groups in total. The van der Waals surface area contributed by atoms with Gasteiger partial charge in [0.15, 0.2) is 0 Å². The van der Waals surface area contributed by atoms with Crippen LogP contribution in [0.3, 0.4) is 0 Å². The van der Waals surface area contributed by atoms with Gasteiger partial charge < -0.3 is 15.6 Å². The molecule has 1 aromatic carbocycles. The van der Waals surface area contributed by atoms with Gasteiger partial charge >= 0.3 is 0 Å². The molecule has 19 heavy (non-hydrogen) atoms. The van der Waals surface area contributed by atoms with E-state index in [9.17, 15) is 5.11 Å². The average Bonchev–Trinajstić information content (AvgIpc) is 3.00. The van der Waals surface area contributed by atoms with Crippen molar-refractivity contribution in [3.63, 3.8) is 0 Å². The van der Waals surface area contributed by atoms with Gasteiger partial charge in [0.1, 0.15) is 18.5 Å². The lowest BCUT2D eigenvalue weighted by atomic mass is 10.1. The normalized spacial score (nSPS) is 27.6. The summed E-state index contributed by atoms with van der Waals surface area (Å²) < 4.78 is 5.58. The number of hydrogen-bond acceptors (Lipinski definition) is 4. The molecule has 0 radical (unpaired) electrons. The molecular formula is C15H22N2O2. The largest absolute Gasteiger partial charge is 0.491 e. The summed E-state index contributed by atoms with van der Waals surface area (Å²) in [5, 5.41) is 10.1. The van der Waals surface area contributed by atoms with Gasteiger partial charge in [-0.3, -0.25) is 4.90 Å². The summed E-state index contributed by atoms with van der Waals surface area (Å²) in [6.45, 7) is 2.23. The highest BCUT2D eigenvalue weighted by Crippen LogP contribution is 2.37. The monoisotopic (exact) mass is 262 g/mol. The van der Waals surface area contributed by atoms with Crippen molar-refractivity contribution in [3.8, 4) is 5.75 Å². The second-order valence-electron chi connectivity index (χ2n) is 5.82. The van der Waals surface area contributed by atoms with Crippen LogP contribution in [0.4, 0.5) is 5.69 Å². The molecule has 104 valence electrons. The third kappa shape index (κ3) is 3.01. The van der Waals surface area contributed by atoms with Crippen molar-refractivity contribution in [2.75, 3.05) is 25.4 Å². The SMILES string of the molecule is Nc1ccc(OCC(O)CN2CC3CCC2C3)cc1. The highest BCUT2D eigenvalue weighted by atomic mass is 16.5. The van der Waals surface area contributed by atoms with E-state index in [-0.39, 0.29) is 0 Å².